The summed E-state index contributed by atoms with van der Waals surface area (Å²) in [4.78, 5) is 29.5. The van der Waals surface area contributed by atoms with Crippen LogP contribution in [0.3, 0.4) is 0 Å². The van der Waals surface area contributed by atoms with Gasteiger partial charge in [-0.15, -0.1) is 0 Å². The maximum absolute atomic E-state index is 13.3. The Morgan fingerprint density at radius 3 is 2.43 bits per heavy atom. The van der Waals surface area contributed by atoms with E-state index in [4.69, 9.17) is 26.1 Å². The molecule has 42 heavy (non-hydrogen) atoms. The van der Waals surface area contributed by atoms with Crippen molar-refractivity contribution in [2.24, 2.45) is 0 Å². The molecule has 0 saturated carbocycles. The van der Waals surface area contributed by atoms with E-state index in [-0.39, 0.29) is 33.5 Å². The summed E-state index contributed by atoms with van der Waals surface area (Å²) in [5, 5.41) is 27.9. The molecule has 6 N–H and O–H groups in total. The number of anilines is 1. The van der Waals surface area contributed by atoms with Crippen molar-refractivity contribution in [1.29, 1.82) is 0 Å². The van der Waals surface area contributed by atoms with Crippen molar-refractivity contribution in [3.05, 3.63) is 47.2 Å². The summed E-state index contributed by atoms with van der Waals surface area (Å²) in [5.41, 5.74) is -0.0205. The molecule has 0 bridgehead atoms. The lowest BCUT2D eigenvalue weighted by atomic mass is 10.1. The van der Waals surface area contributed by atoms with Crippen molar-refractivity contribution >= 4 is 53.7 Å². The van der Waals surface area contributed by atoms with Gasteiger partial charge in [0.05, 0.1) is 23.9 Å². The quantitative estimate of drug-likeness (QED) is 0.0962. The molecule has 1 fully saturated rings. The minimum atomic E-state index is -9.93. The van der Waals surface area contributed by atoms with Gasteiger partial charge in [-0.3, -0.25) is 9.13 Å². The molecule has 0 radical (unpaired) electrons. The summed E-state index contributed by atoms with van der Waals surface area (Å²) in [7, 11) is -19.7. The van der Waals surface area contributed by atoms with E-state index in [1.165, 1.54) is 25.3 Å². The van der Waals surface area contributed by atoms with Gasteiger partial charge in [0.2, 0.25) is 0 Å². The predicted molar refractivity (Wildman–Crippen MR) is 141 cm³/mol. The predicted octanol–water partition coefficient (Wildman–Crippen LogP) is 4.87. The lowest BCUT2D eigenvalue weighted by Gasteiger charge is -2.40. The number of rotatable bonds is 10. The van der Waals surface area contributed by atoms with Gasteiger partial charge in [-0.1, -0.05) is 43.2 Å². The SMILES string of the molecule is C[C@H](Nc1cc(Cl)nc2c1cnn2[C@@H]1O[C@H](COP(=O)(O)CP(=O)(O)O)[C@H](O)C1O)c1cccc(S(F)(F)(F)(F)F)c1. The summed E-state index contributed by atoms with van der Waals surface area (Å²) in [6.07, 6.45) is -5.15. The highest BCUT2D eigenvalue weighted by Gasteiger charge is 2.65. The summed E-state index contributed by atoms with van der Waals surface area (Å²) < 4.78 is 101. The molecule has 2 unspecified atom stereocenters. The second-order valence-electron chi connectivity index (χ2n) is 9.51. The van der Waals surface area contributed by atoms with E-state index in [9.17, 15) is 43.7 Å². The van der Waals surface area contributed by atoms with Gasteiger partial charge in [-0.05, 0) is 30.7 Å². The Morgan fingerprint density at radius 1 is 1.14 bits per heavy atom. The third-order valence-corrected chi connectivity index (χ3v) is 10.9. The Hall–Kier alpha value is -1.89. The van der Waals surface area contributed by atoms with E-state index in [0.29, 0.717) is 6.07 Å². The molecular formula is C20H24ClF5N4O9P2S. The molecule has 0 amide bonds. The molecule has 22 heteroatoms. The highest BCUT2D eigenvalue weighted by Crippen LogP contribution is 3.02. The van der Waals surface area contributed by atoms with E-state index in [0.717, 1.165) is 10.7 Å². The summed E-state index contributed by atoms with van der Waals surface area (Å²) in [6, 6.07) is 3.00. The smallest absolute Gasteiger partial charge is 0.340 e. The molecule has 236 valence electrons. The number of aliphatic hydroxyl groups excluding tert-OH is 2. The maximum Gasteiger partial charge on any atom is 0.340 e. The maximum atomic E-state index is 13.3. The number of pyridine rings is 1. The number of nitrogens with zero attached hydrogens (tertiary/aromatic N) is 3. The zero-order chi connectivity index (χ0) is 31.5. The van der Waals surface area contributed by atoms with Crippen LogP contribution in [0.5, 0.6) is 0 Å². The van der Waals surface area contributed by atoms with Crippen molar-refractivity contribution in [1.82, 2.24) is 14.8 Å². The Bertz CT molecular complexity index is 1610. The zero-order valence-corrected chi connectivity index (χ0v) is 24.4. The second kappa shape index (κ2) is 10.3. The van der Waals surface area contributed by atoms with Crippen LogP contribution in [-0.2, 0) is 18.4 Å². The number of aromatic nitrogens is 3. The van der Waals surface area contributed by atoms with E-state index in [1.54, 1.807) is 0 Å². The Kier molecular flexibility index (Phi) is 8.13. The van der Waals surface area contributed by atoms with E-state index in [1.807, 2.05) is 0 Å². The van der Waals surface area contributed by atoms with Gasteiger partial charge >= 0.3 is 25.4 Å². The monoisotopic (exact) mass is 688 g/mol. The normalized spacial score (nSPS) is 25.5. The summed E-state index contributed by atoms with van der Waals surface area (Å²) in [6.45, 7) is 0.560. The van der Waals surface area contributed by atoms with Gasteiger partial charge in [-0.2, -0.15) is 5.10 Å². The minimum Gasteiger partial charge on any atom is -0.387 e. The van der Waals surface area contributed by atoms with Crippen LogP contribution in [0.2, 0.25) is 5.15 Å². The molecule has 1 aliphatic rings. The molecule has 13 nitrogen and oxygen atoms in total. The van der Waals surface area contributed by atoms with Crippen LogP contribution in [0.15, 0.2) is 41.4 Å². The van der Waals surface area contributed by atoms with Crippen LogP contribution in [0.4, 0.5) is 25.1 Å². The number of aliphatic hydroxyl groups is 2. The molecule has 0 aliphatic carbocycles. The van der Waals surface area contributed by atoms with Gasteiger partial charge in [0, 0.05) is 6.04 Å². The van der Waals surface area contributed by atoms with Crippen molar-refractivity contribution in [2.45, 2.75) is 42.4 Å². The van der Waals surface area contributed by atoms with Gasteiger partial charge in [0.1, 0.15) is 28.4 Å². The molecular weight excluding hydrogens is 665 g/mol. The first-order chi connectivity index (χ1) is 18.9. The number of halogens is 6. The number of nitrogens with one attached hydrogen (secondary N) is 1. The van der Waals surface area contributed by atoms with Crippen LogP contribution >= 0.6 is 37.0 Å². The third kappa shape index (κ3) is 7.60. The highest BCUT2D eigenvalue weighted by atomic mass is 35.5. The third-order valence-electron chi connectivity index (χ3n) is 6.09. The van der Waals surface area contributed by atoms with Crippen LogP contribution in [0.25, 0.3) is 11.0 Å². The minimum absolute atomic E-state index is 0.0508. The molecule has 4 rings (SSSR count). The number of hydrogen-bond donors (Lipinski definition) is 6. The van der Waals surface area contributed by atoms with Crippen LogP contribution in [0, 0.1) is 0 Å². The van der Waals surface area contributed by atoms with Crippen molar-refractivity contribution < 1.29 is 62.7 Å². The van der Waals surface area contributed by atoms with Crippen LogP contribution < -0.4 is 5.32 Å². The van der Waals surface area contributed by atoms with Crippen LogP contribution in [0.1, 0.15) is 24.8 Å². The molecule has 1 aliphatic heterocycles. The molecule has 2 aromatic heterocycles. The molecule has 1 saturated heterocycles. The molecule has 1 aromatic carbocycles. The molecule has 0 spiro atoms. The number of ether oxygens (including phenoxy) is 1. The second-order valence-corrected chi connectivity index (χ2v) is 16.3. The highest BCUT2D eigenvalue weighted by molar-refractivity contribution is 8.45. The van der Waals surface area contributed by atoms with Gasteiger partial charge in [-0.25, -0.2) is 9.67 Å². The molecule has 3 heterocycles. The summed E-state index contributed by atoms with van der Waals surface area (Å²) >= 11 is 6.13. The fraction of sp³-hybridized carbons (Fsp3) is 0.400. The van der Waals surface area contributed by atoms with Gasteiger partial charge < -0.3 is 39.5 Å². The number of benzene rings is 1. The Balaban J connectivity index is 1.58. The van der Waals surface area contributed by atoms with Crippen LogP contribution in [-0.4, -0.2) is 70.5 Å². The Labute approximate surface area is 238 Å². The molecule has 3 aromatic rings. The van der Waals surface area contributed by atoms with Gasteiger partial charge in [0.15, 0.2) is 17.8 Å². The van der Waals surface area contributed by atoms with E-state index < -0.39 is 73.4 Å². The lowest BCUT2D eigenvalue weighted by Crippen LogP contribution is -2.33. The standard InChI is InChI=1S/C20H24ClF5N4O9P2S/c1-10(11-3-2-4-12(5-11)42(22,23,24,25)26)28-14-6-16(21)29-19-13(14)7-27-30(19)20-18(32)17(31)15(39-20)8-38-41(36,37)9-40(33,34)35/h2-7,10,15,17-18,20,31-32H,8-9H2,1H3,(H,28,29)(H,36,37)(H2,33,34,35)/t10-,15+,17-,18?,20+/m0/s1. The fourth-order valence-corrected chi connectivity index (χ4v) is 7.62. The number of hydrogen-bond acceptors (Lipinski definition) is 9. The van der Waals surface area contributed by atoms with E-state index >= 15 is 0 Å². The zero-order valence-electron chi connectivity index (χ0n) is 21.0. The van der Waals surface area contributed by atoms with Gasteiger partial charge in [0.25, 0.3) is 0 Å². The Morgan fingerprint density at radius 2 is 1.81 bits per heavy atom. The first kappa shape index (κ1) is 33.0. The average Bonchev–Trinajstić information content (AvgIpc) is 3.35. The molecule has 6 atom stereocenters. The number of fused-ring (bicyclic) bond motifs is 1. The fourth-order valence-electron chi connectivity index (χ4n) is 4.17. The van der Waals surface area contributed by atoms with Crippen molar-refractivity contribution in [3.8, 4) is 0 Å². The first-order valence-corrected chi connectivity index (χ1v) is 17.5. The average molecular weight is 689 g/mol. The largest absolute Gasteiger partial charge is 0.387 e. The first-order valence-electron chi connectivity index (χ1n) is 11.6. The van der Waals surface area contributed by atoms with Crippen molar-refractivity contribution in [3.63, 3.8) is 0 Å². The van der Waals surface area contributed by atoms with Crippen molar-refractivity contribution in [2.75, 3.05) is 17.8 Å². The lowest BCUT2D eigenvalue weighted by molar-refractivity contribution is -0.0541. The topological polar surface area (TPSA) is 196 Å². The van der Waals surface area contributed by atoms with E-state index in [2.05, 4.69) is 19.9 Å². The summed E-state index contributed by atoms with van der Waals surface area (Å²) in [5.74, 6) is -1.49.